The number of unbranched alkanes of at least 4 members (excludes halogenated alkanes) is 1. The van der Waals surface area contributed by atoms with E-state index in [1.165, 1.54) is 25.7 Å². The minimum atomic E-state index is 0.0909. The molecule has 98 valence electrons. The fourth-order valence-electron chi connectivity index (χ4n) is 2.23. The summed E-state index contributed by atoms with van der Waals surface area (Å²) in [6.07, 6.45) is 8.06. The van der Waals surface area contributed by atoms with Crippen LogP contribution in [0.25, 0.3) is 0 Å². The fraction of sp³-hybridized carbons (Fsp3) is 0.929. The van der Waals surface area contributed by atoms with E-state index < -0.39 is 0 Å². The summed E-state index contributed by atoms with van der Waals surface area (Å²) in [6, 6.07) is 2.39. The van der Waals surface area contributed by atoms with E-state index in [9.17, 15) is 0 Å². The van der Waals surface area contributed by atoms with Gasteiger partial charge in [-0.15, -0.1) is 0 Å². The maximum absolute atomic E-state index is 9.10. The van der Waals surface area contributed by atoms with Crippen LogP contribution >= 0.6 is 0 Å². The number of ether oxygens (including phenoxy) is 2. The molecule has 0 bridgehead atoms. The number of nitriles is 1. The monoisotopic (exact) mass is 239 g/mol. The fourth-order valence-corrected chi connectivity index (χ4v) is 2.23. The highest BCUT2D eigenvalue weighted by Crippen LogP contribution is 2.25. The Labute approximate surface area is 105 Å². The molecule has 0 spiro atoms. The molecule has 1 aliphatic carbocycles. The third-order valence-corrected chi connectivity index (χ3v) is 3.32. The molecule has 2 atom stereocenters. The second-order valence-corrected chi connectivity index (χ2v) is 4.75. The van der Waals surface area contributed by atoms with E-state index >= 15 is 0 Å². The van der Waals surface area contributed by atoms with Gasteiger partial charge in [-0.05, 0) is 19.3 Å². The lowest BCUT2D eigenvalue weighted by atomic mass is 9.99. The minimum absolute atomic E-state index is 0.0909. The molecular formula is C14H25NO2. The molecule has 3 nitrogen and oxygen atoms in total. The van der Waals surface area contributed by atoms with Gasteiger partial charge in [-0.25, -0.2) is 0 Å². The van der Waals surface area contributed by atoms with Crippen molar-refractivity contribution in [1.29, 1.82) is 5.26 Å². The molecule has 0 aromatic heterocycles. The summed E-state index contributed by atoms with van der Waals surface area (Å²) < 4.78 is 11.3. The predicted molar refractivity (Wildman–Crippen MR) is 67.7 cm³/mol. The van der Waals surface area contributed by atoms with Crippen LogP contribution in [0.3, 0.4) is 0 Å². The maximum Gasteiger partial charge on any atom is 0.0734 e. The van der Waals surface area contributed by atoms with Crippen LogP contribution in [0, 0.1) is 17.2 Å². The number of rotatable bonds is 7. The average molecular weight is 239 g/mol. The van der Waals surface area contributed by atoms with Crippen molar-refractivity contribution in [2.24, 2.45) is 5.92 Å². The van der Waals surface area contributed by atoms with Crippen molar-refractivity contribution >= 4 is 0 Å². The van der Waals surface area contributed by atoms with Crippen LogP contribution in [0.5, 0.6) is 0 Å². The standard InChI is InChI=1S/C14H25NO2/c1-2-3-9-16-10-11-17-14-8-6-4-5-7-13(14)12-15/h13-14H,2-11H2,1H3. The van der Waals surface area contributed by atoms with Gasteiger partial charge in [0.2, 0.25) is 0 Å². The van der Waals surface area contributed by atoms with E-state index in [0.717, 1.165) is 25.9 Å². The summed E-state index contributed by atoms with van der Waals surface area (Å²) in [5, 5.41) is 9.10. The Morgan fingerprint density at radius 1 is 1.12 bits per heavy atom. The van der Waals surface area contributed by atoms with Gasteiger partial charge in [0.1, 0.15) is 0 Å². The minimum Gasteiger partial charge on any atom is -0.379 e. The third kappa shape index (κ3) is 6.05. The lowest BCUT2D eigenvalue weighted by molar-refractivity contribution is -0.0144. The van der Waals surface area contributed by atoms with Crippen LogP contribution in [0.1, 0.15) is 51.9 Å². The summed E-state index contributed by atoms with van der Waals surface area (Å²) >= 11 is 0. The first-order valence-electron chi connectivity index (χ1n) is 6.97. The smallest absolute Gasteiger partial charge is 0.0734 e. The van der Waals surface area contributed by atoms with Crippen LogP contribution in [0.2, 0.25) is 0 Å². The largest absolute Gasteiger partial charge is 0.379 e. The molecule has 3 heteroatoms. The van der Waals surface area contributed by atoms with E-state index in [2.05, 4.69) is 13.0 Å². The summed E-state index contributed by atoms with van der Waals surface area (Å²) in [7, 11) is 0. The molecule has 0 aliphatic heterocycles. The van der Waals surface area contributed by atoms with E-state index in [1.54, 1.807) is 0 Å². The summed E-state index contributed by atoms with van der Waals surface area (Å²) in [5.41, 5.74) is 0. The first kappa shape index (κ1) is 14.5. The molecule has 0 radical (unpaired) electrons. The Morgan fingerprint density at radius 3 is 2.71 bits per heavy atom. The summed E-state index contributed by atoms with van der Waals surface area (Å²) in [5.74, 6) is 0.0909. The molecule has 0 N–H and O–H groups in total. The molecular weight excluding hydrogens is 214 g/mol. The summed E-state index contributed by atoms with van der Waals surface area (Å²) in [6.45, 7) is 4.27. The van der Waals surface area contributed by atoms with Crippen molar-refractivity contribution in [3.63, 3.8) is 0 Å². The Balaban J connectivity index is 2.13. The van der Waals surface area contributed by atoms with Gasteiger partial charge in [-0.3, -0.25) is 0 Å². The number of hydrogen-bond acceptors (Lipinski definition) is 3. The lowest BCUT2D eigenvalue weighted by Crippen LogP contribution is -2.23. The van der Waals surface area contributed by atoms with Gasteiger partial charge in [0.25, 0.3) is 0 Å². The number of hydrogen-bond donors (Lipinski definition) is 0. The van der Waals surface area contributed by atoms with Crippen molar-refractivity contribution in [2.45, 2.75) is 58.0 Å². The molecule has 1 rings (SSSR count). The SMILES string of the molecule is CCCCOCCOC1CCCCCC1C#N. The third-order valence-electron chi connectivity index (χ3n) is 3.32. The van der Waals surface area contributed by atoms with Crippen molar-refractivity contribution in [3.8, 4) is 6.07 Å². The lowest BCUT2D eigenvalue weighted by Gasteiger charge is -2.19. The highest BCUT2D eigenvalue weighted by molar-refractivity contribution is 4.90. The molecule has 1 saturated carbocycles. The van der Waals surface area contributed by atoms with Gasteiger partial charge in [0.15, 0.2) is 0 Å². The van der Waals surface area contributed by atoms with Crippen molar-refractivity contribution in [3.05, 3.63) is 0 Å². The first-order chi connectivity index (χ1) is 8.38. The van der Waals surface area contributed by atoms with Crippen LogP contribution < -0.4 is 0 Å². The molecule has 0 aromatic carbocycles. The Bertz CT molecular complexity index is 225. The zero-order valence-electron chi connectivity index (χ0n) is 11.0. The zero-order chi connectivity index (χ0) is 12.3. The zero-order valence-corrected chi connectivity index (χ0v) is 11.0. The average Bonchev–Trinajstić information content (AvgIpc) is 2.58. The molecule has 0 amide bonds. The normalized spacial score (nSPS) is 25.2. The van der Waals surface area contributed by atoms with Crippen LogP contribution in [-0.2, 0) is 9.47 Å². The van der Waals surface area contributed by atoms with Gasteiger partial charge < -0.3 is 9.47 Å². The molecule has 0 heterocycles. The van der Waals surface area contributed by atoms with Crippen LogP contribution in [0.15, 0.2) is 0 Å². The quantitative estimate of drug-likeness (QED) is 0.505. The van der Waals surface area contributed by atoms with E-state index in [0.29, 0.717) is 13.2 Å². The highest BCUT2D eigenvalue weighted by Gasteiger charge is 2.23. The van der Waals surface area contributed by atoms with Gasteiger partial charge >= 0.3 is 0 Å². The topological polar surface area (TPSA) is 42.2 Å². The van der Waals surface area contributed by atoms with Gasteiger partial charge in [0.05, 0.1) is 31.3 Å². The second-order valence-electron chi connectivity index (χ2n) is 4.75. The van der Waals surface area contributed by atoms with Gasteiger partial charge in [-0.1, -0.05) is 32.6 Å². The Hall–Kier alpha value is -0.590. The highest BCUT2D eigenvalue weighted by atomic mass is 16.5. The molecule has 0 saturated heterocycles. The molecule has 1 aliphatic rings. The van der Waals surface area contributed by atoms with Gasteiger partial charge in [-0.2, -0.15) is 5.26 Å². The second kappa shape index (κ2) is 9.44. The molecule has 0 aromatic rings. The van der Waals surface area contributed by atoms with Crippen LogP contribution in [0.4, 0.5) is 0 Å². The van der Waals surface area contributed by atoms with Crippen molar-refractivity contribution < 1.29 is 9.47 Å². The molecule has 17 heavy (non-hydrogen) atoms. The van der Waals surface area contributed by atoms with E-state index in [1.807, 2.05) is 0 Å². The van der Waals surface area contributed by atoms with E-state index in [-0.39, 0.29) is 12.0 Å². The van der Waals surface area contributed by atoms with Crippen molar-refractivity contribution in [2.75, 3.05) is 19.8 Å². The van der Waals surface area contributed by atoms with Crippen LogP contribution in [-0.4, -0.2) is 25.9 Å². The molecule has 1 fully saturated rings. The summed E-state index contributed by atoms with van der Waals surface area (Å²) in [4.78, 5) is 0. The molecule has 2 unspecified atom stereocenters. The van der Waals surface area contributed by atoms with Crippen molar-refractivity contribution in [1.82, 2.24) is 0 Å². The predicted octanol–water partition coefficient (Wildman–Crippen LogP) is 3.29. The maximum atomic E-state index is 9.10. The number of nitrogens with zero attached hydrogens (tertiary/aromatic N) is 1. The Kier molecular flexibility index (Phi) is 8.04. The first-order valence-corrected chi connectivity index (χ1v) is 6.97. The van der Waals surface area contributed by atoms with E-state index in [4.69, 9.17) is 14.7 Å². The Morgan fingerprint density at radius 2 is 1.94 bits per heavy atom. The van der Waals surface area contributed by atoms with Gasteiger partial charge in [0, 0.05) is 6.61 Å².